The summed E-state index contributed by atoms with van der Waals surface area (Å²) in [6.45, 7) is 6.72. The third-order valence-electron chi connectivity index (χ3n) is 3.81. The highest BCUT2D eigenvalue weighted by Crippen LogP contribution is 2.40. The maximum atomic E-state index is 11.8. The van der Waals surface area contributed by atoms with Crippen molar-refractivity contribution >= 4 is 5.78 Å². The van der Waals surface area contributed by atoms with E-state index in [-0.39, 0.29) is 0 Å². The van der Waals surface area contributed by atoms with Gasteiger partial charge in [0.2, 0.25) is 0 Å². The van der Waals surface area contributed by atoms with Crippen molar-refractivity contribution in [2.24, 2.45) is 17.8 Å². The number of hydrogen-bond donors (Lipinski definition) is 0. The van der Waals surface area contributed by atoms with E-state index >= 15 is 0 Å². The van der Waals surface area contributed by atoms with Gasteiger partial charge in [-0.3, -0.25) is 4.79 Å². The van der Waals surface area contributed by atoms with E-state index in [9.17, 15) is 4.79 Å². The van der Waals surface area contributed by atoms with Crippen LogP contribution in [0.3, 0.4) is 0 Å². The summed E-state index contributed by atoms with van der Waals surface area (Å²) in [5.41, 5.74) is 2.52. The molecule has 2 aliphatic rings. The molecule has 2 aliphatic carbocycles. The van der Waals surface area contributed by atoms with Gasteiger partial charge in [0.25, 0.3) is 0 Å². The normalized spacial score (nSPS) is 31.1. The summed E-state index contributed by atoms with van der Waals surface area (Å²) in [5, 5.41) is 0. The lowest BCUT2D eigenvalue weighted by Crippen LogP contribution is -2.31. The SMILES string of the molecule is CC1=C[C@H]2C(=CC1)C(=O)CC[C@@H]2C(C)C. The van der Waals surface area contributed by atoms with Crippen molar-refractivity contribution in [1.82, 2.24) is 0 Å². The molecule has 0 unspecified atom stereocenters. The molecular formula is C14H20O. The van der Waals surface area contributed by atoms with Crippen molar-refractivity contribution in [3.63, 3.8) is 0 Å². The third-order valence-corrected chi connectivity index (χ3v) is 3.81. The van der Waals surface area contributed by atoms with Gasteiger partial charge in [0.05, 0.1) is 0 Å². The number of fused-ring (bicyclic) bond motifs is 1. The van der Waals surface area contributed by atoms with Crippen molar-refractivity contribution in [3.8, 4) is 0 Å². The van der Waals surface area contributed by atoms with Crippen molar-refractivity contribution in [1.29, 1.82) is 0 Å². The van der Waals surface area contributed by atoms with Gasteiger partial charge in [-0.25, -0.2) is 0 Å². The minimum Gasteiger partial charge on any atom is -0.295 e. The second kappa shape index (κ2) is 3.96. The van der Waals surface area contributed by atoms with Crippen molar-refractivity contribution in [2.75, 3.05) is 0 Å². The van der Waals surface area contributed by atoms with Gasteiger partial charge in [-0.1, -0.05) is 31.6 Å². The molecule has 0 aromatic rings. The van der Waals surface area contributed by atoms with Gasteiger partial charge in [0.15, 0.2) is 5.78 Å². The summed E-state index contributed by atoms with van der Waals surface area (Å²) in [7, 11) is 0. The first-order valence-corrected chi connectivity index (χ1v) is 6.00. The molecular weight excluding hydrogens is 184 g/mol. The minimum absolute atomic E-state index is 0.389. The quantitative estimate of drug-likeness (QED) is 0.597. The van der Waals surface area contributed by atoms with Crippen LogP contribution in [-0.2, 0) is 4.79 Å². The molecule has 2 atom stereocenters. The maximum Gasteiger partial charge on any atom is 0.159 e. The largest absolute Gasteiger partial charge is 0.295 e. The van der Waals surface area contributed by atoms with E-state index in [0.717, 1.165) is 24.8 Å². The van der Waals surface area contributed by atoms with Crippen LogP contribution in [0.2, 0.25) is 0 Å². The van der Waals surface area contributed by atoms with Crippen LogP contribution in [0.15, 0.2) is 23.3 Å². The van der Waals surface area contributed by atoms with Crippen LogP contribution in [0, 0.1) is 17.8 Å². The number of Topliss-reactive ketones (excluding diaryl/α,β-unsaturated/α-hetero) is 1. The van der Waals surface area contributed by atoms with Gasteiger partial charge >= 0.3 is 0 Å². The lowest BCUT2D eigenvalue weighted by Gasteiger charge is -2.36. The zero-order valence-corrected chi connectivity index (χ0v) is 9.92. The van der Waals surface area contributed by atoms with E-state index in [1.165, 1.54) is 5.57 Å². The summed E-state index contributed by atoms with van der Waals surface area (Å²) >= 11 is 0. The Balaban J connectivity index is 2.30. The van der Waals surface area contributed by atoms with Crippen molar-refractivity contribution in [3.05, 3.63) is 23.3 Å². The Bertz CT molecular complexity index is 333. The Hall–Kier alpha value is -0.850. The lowest BCUT2D eigenvalue weighted by atomic mass is 9.68. The Morgan fingerprint density at radius 1 is 1.40 bits per heavy atom. The lowest BCUT2D eigenvalue weighted by molar-refractivity contribution is -0.117. The van der Waals surface area contributed by atoms with Gasteiger partial charge in [0.1, 0.15) is 0 Å². The average Bonchev–Trinajstić information content (AvgIpc) is 2.17. The van der Waals surface area contributed by atoms with Crippen LogP contribution in [-0.4, -0.2) is 5.78 Å². The molecule has 2 rings (SSSR count). The zero-order valence-electron chi connectivity index (χ0n) is 9.92. The standard InChI is InChI=1S/C14H20O/c1-9(2)11-6-7-14(15)12-5-4-10(3)8-13(11)12/h5,8-9,11,13H,4,6-7H2,1-3H3/t11-,13-/m1/s1. The first-order chi connectivity index (χ1) is 7.09. The molecule has 1 saturated carbocycles. The van der Waals surface area contributed by atoms with Gasteiger partial charge in [-0.05, 0) is 37.2 Å². The molecule has 0 N–H and O–H groups in total. The van der Waals surface area contributed by atoms with Crippen LogP contribution in [0.4, 0.5) is 0 Å². The Morgan fingerprint density at radius 3 is 2.80 bits per heavy atom. The smallest absolute Gasteiger partial charge is 0.159 e. The van der Waals surface area contributed by atoms with E-state index in [1.807, 2.05) is 0 Å². The molecule has 0 amide bonds. The van der Waals surface area contributed by atoms with Crippen LogP contribution in [0.1, 0.15) is 40.0 Å². The van der Waals surface area contributed by atoms with Crippen molar-refractivity contribution in [2.45, 2.75) is 40.0 Å². The molecule has 0 heterocycles. The molecule has 0 aromatic carbocycles. The van der Waals surface area contributed by atoms with Crippen LogP contribution >= 0.6 is 0 Å². The summed E-state index contributed by atoms with van der Waals surface area (Å²) in [6, 6.07) is 0. The molecule has 0 saturated heterocycles. The second-order valence-electron chi connectivity index (χ2n) is 5.27. The van der Waals surface area contributed by atoms with Crippen LogP contribution in [0.25, 0.3) is 0 Å². The zero-order chi connectivity index (χ0) is 11.0. The summed E-state index contributed by atoms with van der Waals surface area (Å²) in [4.78, 5) is 11.8. The predicted molar refractivity (Wildman–Crippen MR) is 62.5 cm³/mol. The molecule has 1 heteroatoms. The fourth-order valence-electron chi connectivity index (χ4n) is 2.89. The number of hydrogen-bond acceptors (Lipinski definition) is 1. The summed E-state index contributed by atoms with van der Waals surface area (Å²) in [5.74, 6) is 2.15. The highest BCUT2D eigenvalue weighted by Gasteiger charge is 2.34. The summed E-state index contributed by atoms with van der Waals surface area (Å²) in [6.07, 6.45) is 7.30. The summed E-state index contributed by atoms with van der Waals surface area (Å²) < 4.78 is 0. The van der Waals surface area contributed by atoms with E-state index in [4.69, 9.17) is 0 Å². The molecule has 1 fully saturated rings. The molecule has 1 nitrogen and oxygen atoms in total. The van der Waals surface area contributed by atoms with Gasteiger partial charge in [0, 0.05) is 12.3 Å². The highest BCUT2D eigenvalue weighted by atomic mass is 16.1. The van der Waals surface area contributed by atoms with Gasteiger partial charge in [-0.15, -0.1) is 0 Å². The monoisotopic (exact) mass is 204 g/mol. The third kappa shape index (κ3) is 1.92. The van der Waals surface area contributed by atoms with E-state index in [0.29, 0.717) is 23.5 Å². The second-order valence-corrected chi connectivity index (χ2v) is 5.27. The Morgan fingerprint density at radius 2 is 2.13 bits per heavy atom. The van der Waals surface area contributed by atoms with Crippen LogP contribution in [0.5, 0.6) is 0 Å². The molecule has 0 bridgehead atoms. The first-order valence-electron chi connectivity index (χ1n) is 6.00. The minimum atomic E-state index is 0.389. The van der Waals surface area contributed by atoms with Gasteiger partial charge in [-0.2, -0.15) is 0 Å². The molecule has 82 valence electrons. The molecule has 0 aliphatic heterocycles. The Labute approximate surface area is 92.3 Å². The highest BCUT2D eigenvalue weighted by molar-refractivity contribution is 5.97. The molecule has 0 aromatic heterocycles. The van der Waals surface area contributed by atoms with E-state index < -0.39 is 0 Å². The molecule has 0 spiro atoms. The van der Waals surface area contributed by atoms with E-state index in [1.54, 1.807) is 0 Å². The van der Waals surface area contributed by atoms with E-state index in [2.05, 4.69) is 32.9 Å². The number of allylic oxidation sites excluding steroid dienone is 4. The van der Waals surface area contributed by atoms with Crippen LogP contribution < -0.4 is 0 Å². The number of rotatable bonds is 1. The maximum absolute atomic E-state index is 11.8. The number of carbonyl (C=O) groups excluding carboxylic acids is 1. The average molecular weight is 204 g/mol. The Kier molecular flexibility index (Phi) is 2.81. The topological polar surface area (TPSA) is 17.1 Å². The molecule has 0 radical (unpaired) electrons. The molecule has 15 heavy (non-hydrogen) atoms. The number of ketones is 1. The fraction of sp³-hybridized carbons (Fsp3) is 0.643. The van der Waals surface area contributed by atoms with Crippen molar-refractivity contribution < 1.29 is 4.79 Å². The fourth-order valence-corrected chi connectivity index (χ4v) is 2.89. The first kappa shape index (κ1) is 10.7. The van der Waals surface area contributed by atoms with Gasteiger partial charge < -0.3 is 0 Å². The number of carbonyl (C=O) groups is 1. The predicted octanol–water partition coefficient (Wildman–Crippen LogP) is 3.51.